The van der Waals surface area contributed by atoms with Gasteiger partial charge in [0.2, 0.25) is 0 Å². The van der Waals surface area contributed by atoms with Crippen molar-refractivity contribution in [2.24, 2.45) is 5.92 Å². The van der Waals surface area contributed by atoms with E-state index < -0.39 is 0 Å². The summed E-state index contributed by atoms with van der Waals surface area (Å²) >= 11 is 0. The van der Waals surface area contributed by atoms with Crippen molar-refractivity contribution in [3.63, 3.8) is 0 Å². The molecule has 0 aliphatic rings. The van der Waals surface area contributed by atoms with Crippen molar-refractivity contribution in [1.82, 2.24) is 4.90 Å². The Morgan fingerprint density at radius 1 is 1.33 bits per heavy atom. The molecule has 0 N–H and O–H groups in total. The fraction of sp³-hybridized carbons (Fsp3) is 0.533. The molecule has 1 atom stereocenters. The maximum Gasteiger partial charge on any atom is 0.120 e. The number of nitriles is 1. The Kier molecular flexibility index (Phi) is 5.67. The quantitative estimate of drug-likeness (QED) is 0.774. The van der Waals surface area contributed by atoms with Crippen LogP contribution in [-0.4, -0.2) is 31.1 Å². The van der Waals surface area contributed by atoms with Crippen LogP contribution < -0.4 is 4.74 Å². The highest BCUT2D eigenvalue weighted by Crippen LogP contribution is 2.13. The standard InChI is InChI=1S/C15H22N2O/c1-12(2)13(3)17(4)8-9-18-15-7-5-6-14(10-15)11-16/h5-7,10,12-13H,8-9H2,1-4H3. The van der Waals surface area contributed by atoms with Crippen LogP contribution in [0.15, 0.2) is 24.3 Å². The van der Waals surface area contributed by atoms with Crippen LogP contribution in [0, 0.1) is 17.2 Å². The number of benzene rings is 1. The minimum absolute atomic E-state index is 0.541. The first-order valence-corrected chi connectivity index (χ1v) is 6.37. The van der Waals surface area contributed by atoms with Gasteiger partial charge in [-0.3, -0.25) is 0 Å². The zero-order chi connectivity index (χ0) is 13.5. The lowest BCUT2D eigenvalue weighted by molar-refractivity contribution is 0.170. The second-order valence-electron chi connectivity index (χ2n) is 4.95. The highest BCUT2D eigenvalue weighted by Gasteiger charge is 2.12. The molecule has 1 aromatic rings. The smallest absolute Gasteiger partial charge is 0.120 e. The van der Waals surface area contributed by atoms with Crippen molar-refractivity contribution in [2.45, 2.75) is 26.8 Å². The molecule has 0 radical (unpaired) electrons. The Bertz CT molecular complexity index is 409. The largest absolute Gasteiger partial charge is 0.492 e. The maximum absolute atomic E-state index is 8.80. The Morgan fingerprint density at radius 3 is 2.67 bits per heavy atom. The number of hydrogen-bond donors (Lipinski definition) is 0. The summed E-state index contributed by atoms with van der Waals surface area (Å²) in [6, 6.07) is 9.92. The van der Waals surface area contributed by atoms with Gasteiger partial charge >= 0.3 is 0 Å². The molecule has 1 rings (SSSR count). The van der Waals surface area contributed by atoms with E-state index in [1.54, 1.807) is 12.1 Å². The molecular formula is C15H22N2O. The first-order chi connectivity index (χ1) is 8.54. The second kappa shape index (κ2) is 7.03. The summed E-state index contributed by atoms with van der Waals surface area (Å²) in [6.07, 6.45) is 0. The number of hydrogen-bond acceptors (Lipinski definition) is 3. The molecule has 1 aromatic carbocycles. The fourth-order valence-corrected chi connectivity index (χ4v) is 1.68. The zero-order valence-corrected chi connectivity index (χ0v) is 11.7. The Morgan fingerprint density at radius 2 is 2.06 bits per heavy atom. The van der Waals surface area contributed by atoms with E-state index in [-0.39, 0.29) is 0 Å². The summed E-state index contributed by atoms with van der Waals surface area (Å²) in [4.78, 5) is 2.29. The molecular weight excluding hydrogens is 224 g/mol. The number of ether oxygens (including phenoxy) is 1. The van der Waals surface area contributed by atoms with Gasteiger partial charge in [0.15, 0.2) is 0 Å². The van der Waals surface area contributed by atoms with E-state index in [1.807, 2.05) is 12.1 Å². The Labute approximate surface area is 110 Å². The molecule has 98 valence electrons. The van der Waals surface area contributed by atoms with E-state index in [0.29, 0.717) is 24.1 Å². The number of likely N-dealkylation sites (N-methyl/N-ethyl adjacent to an activating group) is 1. The molecule has 0 aliphatic carbocycles. The van der Waals surface area contributed by atoms with Crippen LogP contribution in [0.4, 0.5) is 0 Å². The van der Waals surface area contributed by atoms with E-state index in [4.69, 9.17) is 10.00 Å². The van der Waals surface area contributed by atoms with Gasteiger partial charge in [0.1, 0.15) is 12.4 Å². The molecule has 0 saturated carbocycles. The summed E-state index contributed by atoms with van der Waals surface area (Å²) in [5.74, 6) is 1.40. The second-order valence-corrected chi connectivity index (χ2v) is 4.95. The molecule has 0 spiro atoms. The van der Waals surface area contributed by atoms with Gasteiger partial charge in [-0.05, 0) is 38.1 Å². The third-order valence-corrected chi connectivity index (χ3v) is 3.34. The molecule has 0 amide bonds. The average Bonchev–Trinajstić information content (AvgIpc) is 2.37. The predicted molar refractivity (Wildman–Crippen MR) is 73.6 cm³/mol. The Hall–Kier alpha value is -1.53. The van der Waals surface area contributed by atoms with Gasteiger partial charge in [0.05, 0.1) is 11.6 Å². The van der Waals surface area contributed by atoms with Crippen molar-refractivity contribution >= 4 is 0 Å². The van der Waals surface area contributed by atoms with Crippen LogP contribution in [-0.2, 0) is 0 Å². The lowest BCUT2D eigenvalue weighted by atomic mass is 10.1. The van der Waals surface area contributed by atoms with E-state index in [9.17, 15) is 0 Å². The molecule has 0 aromatic heterocycles. The topological polar surface area (TPSA) is 36.3 Å². The van der Waals surface area contributed by atoms with Gasteiger partial charge in [-0.15, -0.1) is 0 Å². The van der Waals surface area contributed by atoms with Gasteiger partial charge in [-0.1, -0.05) is 19.9 Å². The molecule has 18 heavy (non-hydrogen) atoms. The van der Waals surface area contributed by atoms with Gasteiger partial charge in [-0.2, -0.15) is 5.26 Å². The molecule has 0 bridgehead atoms. The SMILES string of the molecule is CC(C)C(C)N(C)CCOc1cccc(C#N)c1. The van der Waals surface area contributed by atoms with Crippen LogP contribution in [0.2, 0.25) is 0 Å². The van der Waals surface area contributed by atoms with Gasteiger partial charge in [-0.25, -0.2) is 0 Å². The van der Waals surface area contributed by atoms with Crippen LogP contribution in [0.1, 0.15) is 26.3 Å². The average molecular weight is 246 g/mol. The summed E-state index contributed by atoms with van der Waals surface area (Å²) < 4.78 is 5.66. The zero-order valence-electron chi connectivity index (χ0n) is 11.7. The molecule has 3 heteroatoms. The normalized spacial score (nSPS) is 12.5. The van der Waals surface area contributed by atoms with Crippen molar-refractivity contribution in [3.05, 3.63) is 29.8 Å². The van der Waals surface area contributed by atoms with E-state index in [1.165, 1.54) is 0 Å². The summed E-state index contributed by atoms with van der Waals surface area (Å²) in [5, 5.41) is 8.80. The minimum atomic E-state index is 0.541. The maximum atomic E-state index is 8.80. The molecule has 0 fully saturated rings. The predicted octanol–water partition coefficient (Wildman–Crippen LogP) is 2.91. The van der Waals surface area contributed by atoms with Crippen LogP contribution in [0.25, 0.3) is 0 Å². The first kappa shape index (κ1) is 14.5. The molecule has 1 unspecified atom stereocenters. The van der Waals surface area contributed by atoms with E-state index >= 15 is 0 Å². The first-order valence-electron chi connectivity index (χ1n) is 6.37. The van der Waals surface area contributed by atoms with Crippen molar-refractivity contribution in [1.29, 1.82) is 5.26 Å². The number of nitrogens with zero attached hydrogens (tertiary/aromatic N) is 2. The van der Waals surface area contributed by atoms with Crippen LogP contribution >= 0.6 is 0 Å². The van der Waals surface area contributed by atoms with Crippen LogP contribution in [0.5, 0.6) is 5.75 Å². The van der Waals surface area contributed by atoms with Crippen molar-refractivity contribution in [3.8, 4) is 11.8 Å². The lowest BCUT2D eigenvalue weighted by Gasteiger charge is -2.27. The van der Waals surface area contributed by atoms with Crippen molar-refractivity contribution < 1.29 is 4.74 Å². The highest BCUT2D eigenvalue weighted by atomic mass is 16.5. The third-order valence-electron chi connectivity index (χ3n) is 3.34. The van der Waals surface area contributed by atoms with Gasteiger partial charge in [0.25, 0.3) is 0 Å². The minimum Gasteiger partial charge on any atom is -0.492 e. The van der Waals surface area contributed by atoms with E-state index in [2.05, 4.69) is 38.8 Å². The monoisotopic (exact) mass is 246 g/mol. The Balaban J connectivity index is 2.40. The summed E-state index contributed by atoms with van der Waals surface area (Å²) in [7, 11) is 2.11. The molecule has 0 aliphatic heterocycles. The van der Waals surface area contributed by atoms with Gasteiger partial charge in [0, 0.05) is 12.6 Å². The molecule has 0 saturated heterocycles. The summed E-state index contributed by atoms with van der Waals surface area (Å²) in [5.41, 5.74) is 0.636. The van der Waals surface area contributed by atoms with Crippen LogP contribution in [0.3, 0.4) is 0 Å². The van der Waals surface area contributed by atoms with E-state index in [0.717, 1.165) is 12.3 Å². The summed E-state index contributed by atoms with van der Waals surface area (Å²) in [6.45, 7) is 8.19. The lowest BCUT2D eigenvalue weighted by Crippen LogP contribution is -2.36. The molecule has 0 heterocycles. The highest BCUT2D eigenvalue weighted by molar-refractivity contribution is 5.36. The number of rotatable bonds is 6. The fourth-order valence-electron chi connectivity index (χ4n) is 1.68. The van der Waals surface area contributed by atoms with Crippen molar-refractivity contribution in [2.75, 3.05) is 20.2 Å². The third kappa shape index (κ3) is 4.38. The van der Waals surface area contributed by atoms with Gasteiger partial charge < -0.3 is 9.64 Å². The molecule has 3 nitrogen and oxygen atoms in total.